The van der Waals surface area contributed by atoms with Gasteiger partial charge in [0, 0.05) is 5.56 Å². The van der Waals surface area contributed by atoms with Crippen LogP contribution < -0.4 is 5.32 Å². The SMILES string of the molecule is O=C(c1ccccc1)C(Br)C(C(=O)OC(=O)[C@@H]1CCCN1)c1ccccc1. The minimum Gasteiger partial charge on any atom is -0.391 e. The summed E-state index contributed by atoms with van der Waals surface area (Å²) in [7, 11) is 0. The highest BCUT2D eigenvalue weighted by atomic mass is 79.9. The highest BCUT2D eigenvalue weighted by Gasteiger charge is 2.37. The summed E-state index contributed by atoms with van der Waals surface area (Å²) in [6, 6.07) is 17.1. The van der Waals surface area contributed by atoms with Crippen molar-refractivity contribution < 1.29 is 19.1 Å². The van der Waals surface area contributed by atoms with Crippen molar-refractivity contribution in [1.29, 1.82) is 0 Å². The van der Waals surface area contributed by atoms with Crippen molar-refractivity contribution in [3.8, 4) is 0 Å². The monoisotopic (exact) mass is 429 g/mol. The third-order valence-electron chi connectivity index (χ3n) is 4.56. The molecule has 0 aromatic heterocycles. The summed E-state index contributed by atoms with van der Waals surface area (Å²) >= 11 is 3.38. The molecule has 1 N–H and O–H groups in total. The molecule has 1 saturated heterocycles. The summed E-state index contributed by atoms with van der Waals surface area (Å²) in [6.45, 7) is 0.726. The van der Waals surface area contributed by atoms with Crippen molar-refractivity contribution in [2.24, 2.45) is 0 Å². The van der Waals surface area contributed by atoms with Crippen LogP contribution in [0.25, 0.3) is 0 Å². The molecule has 0 aliphatic carbocycles. The van der Waals surface area contributed by atoms with Crippen LogP contribution in [-0.4, -0.2) is 35.1 Å². The second kappa shape index (κ2) is 9.06. The van der Waals surface area contributed by atoms with E-state index in [1.165, 1.54) is 0 Å². The second-order valence-corrected chi connectivity index (χ2v) is 7.40. The maximum atomic E-state index is 12.9. The smallest absolute Gasteiger partial charge is 0.330 e. The number of esters is 2. The Labute approximate surface area is 166 Å². The van der Waals surface area contributed by atoms with E-state index in [1.807, 2.05) is 12.1 Å². The predicted octanol–water partition coefficient (Wildman–Crippen LogP) is 3.24. The number of nitrogens with one attached hydrogen (secondary N) is 1. The van der Waals surface area contributed by atoms with Gasteiger partial charge in [0.1, 0.15) is 12.0 Å². The molecule has 0 amide bonds. The maximum absolute atomic E-state index is 12.9. The van der Waals surface area contributed by atoms with Crippen molar-refractivity contribution in [2.45, 2.75) is 29.6 Å². The van der Waals surface area contributed by atoms with E-state index < -0.39 is 28.7 Å². The van der Waals surface area contributed by atoms with Gasteiger partial charge in [-0.25, -0.2) is 4.79 Å². The van der Waals surface area contributed by atoms with E-state index in [2.05, 4.69) is 21.2 Å². The molecule has 0 spiro atoms. The number of carbonyl (C=O) groups is 3. The number of carbonyl (C=O) groups excluding carboxylic acids is 3. The van der Waals surface area contributed by atoms with E-state index in [0.29, 0.717) is 17.5 Å². The van der Waals surface area contributed by atoms with E-state index >= 15 is 0 Å². The Hall–Kier alpha value is -2.31. The molecule has 6 heteroatoms. The quantitative estimate of drug-likeness (QED) is 0.330. The minimum atomic E-state index is -0.927. The van der Waals surface area contributed by atoms with Crippen LogP contribution in [0.15, 0.2) is 60.7 Å². The summed E-state index contributed by atoms with van der Waals surface area (Å²) in [4.78, 5) is 37.1. The van der Waals surface area contributed by atoms with Crippen LogP contribution in [-0.2, 0) is 14.3 Å². The van der Waals surface area contributed by atoms with Crippen molar-refractivity contribution in [1.82, 2.24) is 5.32 Å². The Kier molecular flexibility index (Phi) is 6.53. The Morgan fingerprint density at radius 2 is 1.63 bits per heavy atom. The number of hydrogen-bond acceptors (Lipinski definition) is 5. The molecule has 3 atom stereocenters. The second-order valence-electron chi connectivity index (χ2n) is 6.41. The lowest BCUT2D eigenvalue weighted by molar-refractivity contribution is -0.161. The molecule has 1 aliphatic rings. The molecule has 0 radical (unpaired) electrons. The molecule has 2 unspecified atom stereocenters. The average molecular weight is 430 g/mol. The van der Waals surface area contributed by atoms with Gasteiger partial charge in [0.05, 0.1) is 4.83 Å². The van der Waals surface area contributed by atoms with Gasteiger partial charge in [-0.3, -0.25) is 9.59 Å². The average Bonchev–Trinajstić information content (AvgIpc) is 3.24. The van der Waals surface area contributed by atoms with Gasteiger partial charge in [0.2, 0.25) is 0 Å². The van der Waals surface area contributed by atoms with E-state index in [0.717, 1.165) is 13.0 Å². The molecule has 0 saturated carbocycles. The van der Waals surface area contributed by atoms with Crippen LogP contribution in [0.2, 0.25) is 0 Å². The van der Waals surface area contributed by atoms with Crippen molar-refractivity contribution in [3.63, 3.8) is 0 Å². The molecule has 1 heterocycles. The van der Waals surface area contributed by atoms with Gasteiger partial charge in [0.15, 0.2) is 5.78 Å². The third-order valence-corrected chi connectivity index (χ3v) is 5.50. The molecule has 140 valence electrons. The van der Waals surface area contributed by atoms with Gasteiger partial charge in [-0.1, -0.05) is 76.6 Å². The molecule has 3 rings (SSSR count). The predicted molar refractivity (Wildman–Crippen MR) is 105 cm³/mol. The fourth-order valence-electron chi connectivity index (χ4n) is 3.12. The van der Waals surface area contributed by atoms with Gasteiger partial charge in [-0.05, 0) is 24.9 Å². The fraction of sp³-hybridized carbons (Fsp3) is 0.286. The Balaban J connectivity index is 1.83. The number of ketones is 1. The molecule has 27 heavy (non-hydrogen) atoms. The zero-order valence-corrected chi connectivity index (χ0v) is 16.2. The topological polar surface area (TPSA) is 72.5 Å². The molecule has 1 fully saturated rings. The van der Waals surface area contributed by atoms with E-state index in [1.54, 1.807) is 48.5 Å². The Morgan fingerprint density at radius 1 is 1.00 bits per heavy atom. The first-order valence-corrected chi connectivity index (χ1v) is 9.76. The van der Waals surface area contributed by atoms with Crippen molar-refractivity contribution in [3.05, 3.63) is 71.8 Å². The highest BCUT2D eigenvalue weighted by molar-refractivity contribution is 9.10. The molecule has 0 bridgehead atoms. The van der Waals surface area contributed by atoms with Crippen LogP contribution in [0.3, 0.4) is 0 Å². The van der Waals surface area contributed by atoms with E-state index in [9.17, 15) is 14.4 Å². The third kappa shape index (κ3) is 4.70. The molecular formula is C21H20BrNO4. The van der Waals surface area contributed by atoms with Crippen LogP contribution in [0, 0.1) is 0 Å². The van der Waals surface area contributed by atoms with Crippen LogP contribution >= 0.6 is 15.9 Å². The Morgan fingerprint density at radius 3 is 2.22 bits per heavy atom. The lowest BCUT2D eigenvalue weighted by Gasteiger charge is -2.21. The fourth-order valence-corrected chi connectivity index (χ4v) is 3.90. The van der Waals surface area contributed by atoms with Gasteiger partial charge in [-0.15, -0.1) is 0 Å². The van der Waals surface area contributed by atoms with Crippen LogP contribution in [0.4, 0.5) is 0 Å². The first-order valence-electron chi connectivity index (χ1n) is 8.85. The summed E-state index contributed by atoms with van der Waals surface area (Å²) in [6.07, 6.45) is 1.51. The normalized spacial score (nSPS) is 18.5. The van der Waals surface area contributed by atoms with Crippen LogP contribution in [0.1, 0.15) is 34.7 Å². The summed E-state index contributed by atoms with van der Waals surface area (Å²) in [5, 5.41) is 3.01. The molecule has 2 aromatic rings. The maximum Gasteiger partial charge on any atom is 0.330 e. The molecule has 2 aromatic carbocycles. The minimum absolute atomic E-state index is 0.243. The van der Waals surface area contributed by atoms with Crippen molar-refractivity contribution in [2.75, 3.05) is 6.54 Å². The summed E-state index contributed by atoms with van der Waals surface area (Å²) in [5.74, 6) is -2.49. The van der Waals surface area contributed by atoms with E-state index in [-0.39, 0.29) is 5.78 Å². The summed E-state index contributed by atoms with van der Waals surface area (Å²) in [5.41, 5.74) is 1.10. The van der Waals surface area contributed by atoms with Crippen LogP contribution in [0.5, 0.6) is 0 Å². The van der Waals surface area contributed by atoms with Gasteiger partial charge >= 0.3 is 11.9 Å². The standard InChI is InChI=1S/C21H20BrNO4/c22-18(19(24)15-10-5-2-6-11-15)17(14-8-3-1-4-9-14)21(26)27-20(25)16-12-7-13-23-16/h1-6,8-11,16-18,23H,7,12-13H2/t16-,17?,18?/m0/s1. The first-order chi connectivity index (χ1) is 13.1. The number of rotatable bonds is 6. The zero-order valence-electron chi connectivity index (χ0n) is 14.6. The lowest BCUT2D eigenvalue weighted by Crippen LogP contribution is -2.37. The number of benzene rings is 2. The van der Waals surface area contributed by atoms with E-state index in [4.69, 9.17) is 4.74 Å². The van der Waals surface area contributed by atoms with Crippen molar-refractivity contribution >= 4 is 33.7 Å². The number of alkyl halides is 1. The molecule has 1 aliphatic heterocycles. The Bertz CT molecular complexity index is 803. The lowest BCUT2D eigenvalue weighted by atomic mass is 9.91. The largest absolute Gasteiger partial charge is 0.391 e. The number of Topliss-reactive ketones (excluding diaryl/α,β-unsaturated/α-hetero) is 1. The van der Waals surface area contributed by atoms with Gasteiger partial charge in [-0.2, -0.15) is 0 Å². The van der Waals surface area contributed by atoms with Gasteiger partial charge in [0.25, 0.3) is 0 Å². The number of hydrogen-bond donors (Lipinski definition) is 1. The molecule has 5 nitrogen and oxygen atoms in total. The first kappa shape index (κ1) is 19.5. The molecular weight excluding hydrogens is 410 g/mol. The zero-order chi connectivity index (χ0) is 19.2. The number of ether oxygens (including phenoxy) is 1. The van der Waals surface area contributed by atoms with Gasteiger partial charge < -0.3 is 10.1 Å². The highest BCUT2D eigenvalue weighted by Crippen LogP contribution is 2.30. The summed E-state index contributed by atoms with van der Waals surface area (Å²) < 4.78 is 5.14. The number of halogens is 1.